The van der Waals surface area contributed by atoms with Crippen molar-refractivity contribution >= 4 is 0 Å². The highest BCUT2D eigenvalue weighted by Crippen LogP contribution is 2.29. The van der Waals surface area contributed by atoms with Crippen molar-refractivity contribution in [3.05, 3.63) is 23.8 Å². The summed E-state index contributed by atoms with van der Waals surface area (Å²) in [7, 11) is 0. The Morgan fingerprint density at radius 2 is 1.72 bits per heavy atom. The third-order valence-corrected chi connectivity index (χ3v) is 2.49. The molecule has 0 amide bonds. The minimum Gasteiger partial charge on any atom is -0.490 e. The lowest BCUT2D eigenvalue weighted by molar-refractivity contribution is 0.268. The van der Waals surface area contributed by atoms with E-state index >= 15 is 0 Å². The molecule has 2 heteroatoms. The van der Waals surface area contributed by atoms with Crippen LogP contribution < -0.4 is 9.47 Å². The van der Waals surface area contributed by atoms with Crippen LogP contribution in [0.3, 0.4) is 0 Å². The van der Waals surface area contributed by atoms with Crippen LogP contribution in [0.4, 0.5) is 0 Å². The molecule has 0 aliphatic rings. The van der Waals surface area contributed by atoms with E-state index in [0.717, 1.165) is 37.2 Å². The van der Waals surface area contributed by atoms with Crippen LogP contribution in [0.25, 0.3) is 0 Å². The maximum atomic E-state index is 5.73. The van der Waals surface area contributed by atoms with Gasteiger partial charge in [-0.1, -0.05) is 19.9 Å². The molecule has 98 valence electrons. The standard InChI is InChI=1S/C16H22O2/c1-4-7-8-14-9-10-15(17-11-5-2)16(13-14)18-12-6-3/h1,9-10,13H,5-8,11-12H2,2-3H3. The van der Waals surface area contributed by atoms with Crippen LogP contribution in [0, 0.1) is 12.3 Å². The average Bonchev–Trinajstić information content (AvgIpc) is 2.41. The second kappa shape index (κ2) is 8.47. The maximum Gasteiger partial charge on any atom is 0.161 e. The topological polar surface area (TPSA) is 18.5 Å². The van der Waals surface area contributed by atoms with Crippen molar-refractivity contribution in [2.24, 2.45) is 0 Å². The Hall–Kier alpha value is -1.62. The fourth-order valence-electron chi connectivity index (χ4n) is 1.58. The molecule has 0 aromatic heterocycles. The van der Waals surface area contributed by atoms with E-state index in [9.17, 15) is 0 Å². The molecule has 0 atom stereocenters. The van der Waals surface area contributed by atoms with Crippen molar-refractivity contribution in [3.8, 4) is 23.8 Å². The van der Waals surface area contributed by atoms with Gasteiger partial charge in [0, 0.05) is 6.42 Å². The molecule has 0 radical (unpaired) electrons. The zero-order valence-corrected chi connectivity index (χ0v) is 11.4. The molecule has 1 aromatic rings. The van der Waals surface area contributed by atoms with E-state index in [1.807, 2.05) is 12.1 Å². The van der Waals surface area contributed by atoms with Crippen molar-refractivity contribution in [3.63, 3.8) is 0 Å². The number of rotatable bonds is 8. The maximum absolute atomic E-state index is 5.73. The molecular weight excluding hydrogens is 224 g/mol. The summed E-state index contributed by atoms with van der Waals surface area (Å²) < 4.78 is 11.4. The van der Waals surface area contributed by atoms with E-state index in [2.05, 4.69) is 25.8 Å². The second-order valence-electron chi connectivity index (χ2n) is 4.18. The lowest BCUT2D eigenvalue weighted by atomic mass is 10.1. The van der Waals surface area contributed by atoms with E-state index in [0.29, 0.717) is 13.2 Å². The van der Waals surface area contributed by atoms with Gasteiger partial charge in [-0.15, -0.1) is 12.3 Å². The molecule has 0 aliphatic carbocycles. The first kappa shape index (κ1) is 14.4. The highest BCUT2D eigenvalue weighted by atomic mass is 16.5. The van der Waals surface area contributed by atoms with Gasteiger partial charge in [0.2, 0.25) is 0 Å². The zero-order valence-electron chi connectivity index (χ0n) is 11.4. The van der Waals surface area contributed by atoms with Gasteiger partial charge in [-0.05, 0) is 37.0 Å². The number of aryl methyl sites for hydroxylation is 1. The molecule has 0 saturated carbocycles. The smallest absolute Gasteiger partial charge is 0.161 e. The van der Waals surface area contributed by atoms with Crippen LogP contribution in [0.15, 0.2) is 18.2 Å². The van der Waals surface area contributed by atoms with Gasteiger partial charge in [-0.2, -0.15) is 0 Å². The van der Waals surface area contributed by atoms with Gasteiger partial charge in [0.25, 0.3) is 0 Å². The minimum absolute atomic E-state index is 0.709. The summed E-state index contributed by atoms with van der Waals surface area (Å²) in [5.41, 5.74) is 1.20. The summed E-state index contributed by atoms with van der Waals surface area (Å²) in [6, 6.07) is 6.08. The molecule has 2 nitrogen and oxygen atoms in total. The largest absolute Gasteiger partial charge is 0.490 e. The van der Waals surface area contributed by atoms with Gasteiger partial charge in [0.1, 0.15) is 0 Å². The Balaban J connectivity index is 2.78. The van der Waals surface area contributed by atoms with Gasteiger partial charge in [-0.3, -0.25) is 0 Å². The number of ether oxygens (including phenoxy) is 2. The van der Waals surface area contributed by atoms with E-state index in [1.165, 1.54) is 5.56 Å². The van der Waals surface area contributed by atoms with Crippen molar-refractivity contribution < 1.29 is 9.47 Å². The molecule has 0 N–H and O–H groups in total. The van der Waals surface area contributed by atoms with Crippen LogP contribution in [-0.2, 0) is 6.42 Å². The lowest BCUT2D eigenvalue weighted by Crippen LogP contribution is -2.02. The molecule has 0 aliphatic heterocycles. The number of terminal acetylenes is 1. The Morgan fingerprint density at radius 3 is 2.33 bits per heavy atom. The Labute approximate surface area is 110 Å². The minimum atomic E-state index is 0.709. The molecule has 0 heterocycles. The van der Waals surface area contributed by atoms with Gasteiger partial charge < -0.3 is 9.47 Å². The summed E-state index contributed by atoms with van der Waals surface area (Å²) in [5.74, 6) is 4.32. The second-order valence-corrected chi connectivity index (χ2v) is 4.18. The third-order valence-electron chi connectivity index (χ3n) is 2.49. The molecule has 18 heavy (non-hydrogen) atoms. The molecule has 0 spiro atoms. The number of hydrogen-bond acceptors (Lipinski definition) is 2. The van der Waals surface area contributed by atoms with Crippen LogP contribution in [0.5, 0.6) is 11.5 Å². The first-order valence-corrected chi connectivity index (χ1v) is 6.63. The van der Waals surface area contributed by atoms with Crippen LogP contribution >= 0.6 is 0 Å². The number of benzene rings is 1. The lowest BCUT2D eigenvalue weighted by Gasteiger charge is -2.13. The van der Waals surface area contributed by atoms with Gasteiger partial charge in [-0.25, -0.2) is 0 Å². The van der Waals surface area contributed by atoms with Gasteiger partial charge in [0.15, 0.2) is 11.5 Å². The van der Waals surface area contributed by atoms with Crippen molar-refractivity contribution in [1.82, 2.24) is 0 Å². The van der Waals surface area contributed by atoms with Gasteiger partial charge >= 0.3 is 0 Å². The molecule has 0 bridgehead atoms. The zero-order chi connectivity index (χ0) is 13.2. The normalized spacial score (nSPS) is 9.83. The molecular formula is C16H22O2. The van der Waals surface area contributed by atoms with Crippen molar-refractivity contribution in [1.29, 1.82) is 0 Å². The average molecular weight is 246 g/mol. The molecule has 0 unspecified atom stereocenters. The highest BCUT2D eigenvalue weighted by Gasteiger charge is 2.06. The predicted molar refractivity (Wildman–Crippen MR) is 75.2 cm³/mol. The fourth-order valence-corrected chi connectivity index (χ4v) is 1.58. The highest BCUT2D eigenvalue weighted by molar-refractivity contribution is 5.43. The van der Waals surface area contributed by atoms with E-state index in [4.69, 9.17) is 15.9 Å². The van der Waals surface area contributed by atoms with Gasteiger partial charge in [0.05, 0.1) is 13.2 Å². The molecule has 1 rings (SSSR count). The van der Waals surface area contributed by atoms with E-state index in [-0.39, 0.29) is 0 Å². The molecule has 0 fully saturated rings. The SMILES string of the molecule is C#CCCc1ccc(OCCC)c(OCCC)c1. The Morgan fingerprint density at radius 1 is 1.06 bits per heavy atom. The van der Waals surface area contributed by atoms with Crippen molar-refractivity contribution in [2.75, 3.05) is 13.2 Å². The van der Waals surface area contributed by atoms with Crippen LogP contribution in [-0.4, -0.2) is 13.2 Å². The fraction of sp³-hybridized carbons (Fsp3) is 0.500. The monoisotopic (exact) mass is 246 g/mol. The number of hydrogen-bond donors (Lipinski definition) is 0. The summed E-state index contributed by atoms with van der Waals surface area (Å²) >= 11 is 0. The Kier molecular flexibility index (Phi) is 6.79. The summed E-state index contributed by atoms with van der Waals surface area (Å²) in [6.07, 6.45) is 8.90. The quantitative estimate of drug-likeness (QED) is 0.649. The molecule has 0 saturated heterocycles. The van der Waals surface area contributed by atoms with Crippen molar-refractivity contribution in [2.45, 2.75) is 39.5 Å². The first-order valence-electron chi connectivity index (χ1n) is 6.63. The first-order chi connectivity index (χ1) is 8.81. The van der Waals surface area contributed by atoms with E-state index < -0.39 is 0 Å². The van der Waals surface area contributed by atoms with Crippen LogP contribution in [0.2, 0.25) is 0 Å². The summed E-state index contributed by atoms with van der Waals surface area (Å²) in [4.78, 5) is 0. The van der Waals surface area contributed by atoms with Crippen LogP contribution in [0.1, 0.15) is 38.7 Å². The van der Waals surface area contributed by atoms with E-state index in [1.54, 1.807) is 0 Å². The predicted octanol–water partition coefficient (Wildman–Crippen LogP) is 3.83. The molecule has 1 aromatic carbocycles. The summed E-state index contributed by atoms with van der Waals surface area (Å²) in [5, 5.41) is 0. The Bertz CT molecular complexity index is 391. The summed E-state index contributed by atoms with van der Waals surface area (Å²) in [6.45, 7) is 5.61. The third kappa shape index (κ3) is 4.71.